The number of hydrogen-bond acceptors (Lipinski definition) is 3. The third-order valence-corrected chi connectivity index (χ3v) is 18.0. The fourth-order valence-corrected chi connectivity index (χ4v) is 14.2. The predicted octanol–water partition coefficient (Wildman–Crippen LogP) is 17.5. The van der Waals surface area contributed by atoms with Crippen molar-refractivity contribution in [2.45, 2.75) is 13.1 Å². The van der Waals surface area contributed by atoms with Gasteiger partial charge in [-0.15, -0.1) is 0 Å². The second kappa shape index (κ2) is 16.8. The Morgan fingerprint density at radius 2 is 0.814 bits per heavy atom. The lowest BCUT2D eigenvalue weighted by atomic mass is 9.91. The number of benzene rings is 11. The van der Waals surface area contributed by atoms with Crippen LogP contribution < -0.4 is 20.2 Å². The van der Waals surface area contributed by atoms with Crippen molar-refractivity contribution in [3.63, 3.8) is 0 Å². The zero-order valence-corrected chi connectivity index (χ0v) is 40.1. The molecule has 13 rings (SSSR count). The largest absolute Gasteiger partial charge is 0.454 e. The molecule has 0 radical (unpaired) electrons. The normalized spacial score (nSPS) is 12.5. The molecule has 0 amide bonds. The predicted molar refractivity (Wildman–Crippen MR) is 299 cm³/mol. The number of para-hydroxylation sites is 5. The van der Waals surface area contributed by atoms with E-state index in [2.05, 4.69) is 272 Å². The first-order chi connectivity index (χ1) is 34.5. The minimum absolute atomic E-state index is 0.876. The van der Waals surface area contributed by atoms with Gasteiger partial charge < -0.3 is 14.2 Å². The fourth-order valence-electron chi connectivity index (χ4n) is 11.1. The van der Waals surface area contributed by atoms with Crippen molar-refractivity contribution in [3.8, 4) is 44.5 Å². The van der Waals surface area contributed by atoms with Crippen LogP contribution in [0.5, 0.6) is 0 Å². The van der Waals surface area contributed by atoms with E-state index < -0.39 is 8.07 Å². The van der Waals surface area contributed by atoms with E-state index in [1.165, 1.54) is 60.1 Å². The van der Waals surface area contributed by atoms with Crippen molar-refractivity contribution in [1.82, 2.24) is 0 Å². The van der Waals surface area contributed by atoms with E-state index in [0.29, 0.717) is 0 Å². The minimum atomic E-state index is -2.31. The van der Waals surface area contributed by atoms with Crippen LogP contribution in [-0.2, 0) is 0 Å². The van der Waals surface area contributed by atoms with E-state index in [1.54, 1.807) is 0 Å². The first kappa shape index (κ1) is 41.5. The SMILES string of the molecule is C[Si]1(C)c2cc(N(c3ccccc3-c3ccccc3)c3cccc4c3oc3ccccc34)ccc2-c2ccc(-c3ccc(N(c4ccccc4)c4ccccc4-c4ccccc4)cc3)c3cccc1c23. The Labute approximate surface area is 409 Å². The van der Waals surface area contributed by atoms with Crippen LogP contribution >= 0.6 is 0 Å². The maximum absolute atomic E-state index is 6.78. The molecule has 3 nitrogen and oxygen atoms in total. The summed E-state index contributed by atoms with van der Waals surface area (Å²) in [6, 6.07) is 92.6. The molecule has 0 aliphatic carbocycles. The van der Waals surface area contributed by atoms with Crippen LogP contribution in [0.4, 0.5) is 34.1 Å². The van der Waals surface area contributed by atoms with Crippen molar-refractivity contribution in [3.05, 3.63) is 255 Å². The molecule has 0 N–H and O–H groups in total. The van der Waals surface area contributed by atoms with Crippen LogP contribution in [0.2, 0.25) is 13.1 Å². The molecule has 0 spiro atoms. The highest BCUT2D eigenvalue weighted by Gasteiger charge is 2.37. The molecule has 1 aliphatic heterocycles. The van der Waals surface area contributed by atoms with Crippen molar-refractivity contribution in [1.29, 1.82) is 0 Å². The Balaban J connectivity index is 0.938. The van der Waals surface area contributed by atoms with Crippen LogP contribution in [0.25, 0.3) is 77.2 Å². The number of hydrogen-bond donors (Lipinski definition) is 0. The zero-order valence-electron chi connectivity index (χ0n) is 39.1. The highest BCUT2D eigenvalue weighted by molar-refractivity contribution is 7.03. The summed E-state index contributed by atoms with van der Waals surface area (Å²) in [5, 5.41) is 7.79. The molecular formula is C66H48N2OSi. The molecule has 0 atom stereocenters. The van der Waals surface area contributed by atoms with Gasteiger partial charge in [0.2, 0.25) is 0 Å². The van der Waals surface area contributed by atoms with Gasteiger partial charge >= 0.3 is 0 Å². The molecule has 0 bridgehead atoms. The molecular weight excluding hydrogens is 865 g/mol. The summed E-state index contributed by atoms with van der Waals surface area (Å²) < 4.78 is 6.78. The molecule has 0 fully saturated rings. The first-order valence-corrected chi connectivity index (χ1v) is 27.2. The second-order valence-electron chi connectivity index (χ2n) is 18.8. The lowest BCUT2D eigenvalue weighted by Crippen LogP contribution is -2.56. The van der Waals surface area contributed by atoms with Crippen molar-refractivity contribution in [2.75, 3.05) is 9.80 Å². The molecule has 12 aromatic rings. The Hall–Kier alpha value is -8.70. The highest BCUT2D eigenvalue weighted by atomic mass is 28.3. The van der Waals surface area contributed by atoms with Gasteiger partial charge in [-0.2, -0.15) is 0 Å². The van der Waals surface area contributed by atoms with Crippen molar-refractivity contribution >= 4 is 85.3 Å². The molecule has 11 aromatic carbocycles. The summed E-state index contributed by atoms with van der Waals surface area (Å²) in [4.78, 5) is 4.81. The van der Waals surface area contributed by atoms with Crippen LogP contribution in [0.15, 0.2) is 259 Å². The van der Waals surface area contributed by atoms with E-state index in [1.807, 2.05) is 6.07 Å². The maximum atomic E-state index is 6.78. The van der Waals surface area contributed by atoms with E-state index >= 15 is 0 Å². The van der Waals surface area contributed by atoms with Gasteiger partial charge in [0, 0.05) is 39.0 Å². The molecule has 70 heavy (non-hydrogen) atoms. The van der Waals surface area contributed by atoms with E-state index in [-0.39, 0.29) is 0 Å². The maximum Gasteiger partial charge on any atom is 0.159 e. The summed E-state index contributed by atoms with van der Waals surface area (Å²) in [5.74, 6) is 0. The number of furan rings is 1. The van der Waals surface area contributed by atoms with Gasteiger partial charge in [0.1, 0.15) is 13.7 Å². The summed E-state index contributed by atoms with van der Waals surface area (Å²) in [5.41, 5.74) is 18.1. The third kappa shape index (κ3) is 6.79. The average molecular weight is 913 g/mol. The molecule has 0 saturated carbocycles. The quantitative estimate of drug-likeness (QED) is 0.135. The number of fused-ring (bicyclic) bond motifs is 5. The van der Waals surface area contributed by atoms with Gasteiger partial charge in [0.25, 0.3) is 0 Å². The minimum Gasteiger partial charge on any atom is -0.454 e. The fraction of sp³-hybridized carbons (Fsp3) is 0.0303. The van der Waals surface area contributed by atoms with Gasteiger partial charge in [-0.05, 0) is 115 Å². The topological polar surface area (TPSA) is 19.6 Å². The van der Waals surface area contributed by atoms with Gasteiger partial charge in [0.05, 0.1) is 17.1 Å². The highest BCUT2D eigenvalue weighted by Crippen LogP contribution is 2.47. The molecule has 332 valence electrons. The second-order valence-corrected chi connectivity index (χ2v) is 23.1. The standard InChI is InChI=1S/C66H48N2OSi/c1-70(2)63-35-19-29-56-51(47-36-38-49(39-37-47)67(48-24-10-5-11-25-48)59-31-15-12-26-52(59)45-20-6-3-7-21-45)42-43-57(65(56)63)55-41-40-50(44-64(55)70)68(60-32-16-13-27-53(60)46-22-8-4-9-23-46)61-33-18-30-58-54-28-14-17-34-62(54)69-66(58)61/h3-44H,1-2H3. The van der Waals surface area contributed by atoms with E-state index in [9.17, 15) is 0 Å². The summed E-state index contributed by atoms with van der Waals surface area (Å²) >= 11 is 0. The molecule has 2 heterocycles. The van der Waals surface area contributed by atoms with Crippen molar-refractivity contribution in [2.24, 2.45) is 0 Å². The molecule has 0 unspecified atom stereocenters. The Morgan fingerprint density at radius 1 is 0.314 bits per heavy atom. The van der Waals surface area contributed by atoms with Gasteiger partial charge in [0.15, 0.2) is 5.58 Å². The average Bonchev–Trinajstić information content (AvgIpc) is 3.81. The van der Waals surface area contributed by atoms with E-state index in [0.717, 1.165) is 61.6 Å². The Morgan fingerprint density at radius 3 is 1.53 bits per heavy atom. The van der Waals surface area contributed by atoms with Crippen LogP contribution in [0.1, 0.15) is 0 Å². The number of nitrogens with zero attached hydrogens (tertiary/aromatic N) is 2. The molecule has 0 saturated heterocycles. The van der Waals surface area contributed by atoms with Crippen LogP contribution in [0.3, 0.4) is 0 Å². The van der Waals surface area contributed by atoms with Gasteiger partial charge in [-0.3, -0.25) is 0 Å². The molecule has 1 aromatic heterocycles. The summed E-state index contributed by atoms with van der Waals surface area (Å²) in [6.45, 7) is 5.06. The number of anilines is 6. The summed E-state index contributed by atoms with van der Waals surface area (Å²) in [6.07, 6.45) is 0. The first-order valence-electron chi connectivity index (χ1n) is 24.2. The summed E-state index contributed by atoms with van der Waals surface area (Å²) in [7, 11) is -2.31. The number of rotatable bonds is 9. The lowest BCUT2D eigenvalue weighted by Gasteiger charge is -2.36. The molecule has 4 heteroatoms. The van der Waals surface area contributed by atoms with Crippen LogP contribution in [0, 0.1) is 0 Å². The van der Waals surface area contributed by atoms with Gasteiger partial charge in [-0.25, -0.2) is 0 Å². The smallest absolute Gasteiger partial charge is 0.159 e. The Bertz CT molecular complexity index is 3920. The van der Waals surface area contributed by atoms with Gasteiger partial charge in [-0.1, -0.05) is 207 Å². The lowest BCUT2D eigenvalue weighted by molar-refractivity contribution is 0.669. The monoisotopic (exact) mass is 912 g/mol. The van der Waals surface area contributed by atoms with Crippen molar-refractivity contribution < 1.29 is 4.42 Å². The van der Waals surface area contributed by atoms with E-state index in [4.69, 9.17) is 4.42 Å². The third-order valence-electron chi connectivity index (χ3n) is 14.5. The molecule has 1 aliphatic rings. The Kier molecular flexibility index (Phi) is 9.96. The zero-order chi connectivity index (χ0) is 46.8. The van der Waals surface area contributed by atoms with Crippen LogP contribution in [-0.4, -0.2) is 8.07 Å².